The third-order valence-corrected chi connectivity index (χ3v) is 10.2. The molecule has 0 fully saturated rings. The fourth-order valence-corrected chi connectivity index (χ4v) is 6.67. The smallest absolute Gasteiger partial charge is 0.251 e. The number of aryl methyl sites for hydroxylation is 1. The van der Waals surface area contributed by atoms with Gasteiger partial charge in [-0.2, -0.15) is 0 Å². The molecule has 0 aliphatic carbocycles. The summed E-state index contributed by atoms with van der Waals surface area (Å²) < 4.78 is 27.5. The predicted molar refractivity (Wildman–Crippen MR) is 194 cm³/mol. The largest absolute Gasteiger partial charge is 0.391 e. The van der Waals surface area contributed by atoms with Crippen molar-refractivity contribution >= 4 is 33.4 Å². The molecule has 0 radical (unpaired) electrons. The minimum atomic E-state index is -3.73. The lowest BCUT2D eigenvalue weighted by Crippen LogP contribution is -2.51. The number of nitrogens with one attached hydrogen (secondary N) is 3. The first-order valence-corrected chi connectivity index (χ1v) is 18.4. The zero-order valence-electron chi connectivity index (χ0n) is 29.6. The first-order valence-electron chi connectivity index (χ1n) is 16.8. The Morgan fingerprint density at radius 1 is 0.796 bits per heavy atom. The van der Waals surface area contributed by atoms with Gasteiger partial charge < -0.3 is 21.1 Å². The van der Waals surface area contributed by atoms with Crippen molar-refractivity contribution in [1.82, 2.24) is 16.0 Å². The lowest BCUT2D eigenvalue weighted by atomic mass is 9.91. The maximum absolute atomic E-state index is 13.5. The molecule has 4 atom stereocenters. The topological polar surface area (TPSA) is 145 Å². The van der Waals surface area contributed by atoms with E-state index in [1.807, 2.05) is 77.1 Å². The van der Waals surface area contributed by atoms with E-state index in [-0.39, 0.29) is 41.4 Å². The molecule has 0 aliphatic rings. The Kier molecular flexibility index (Phi) is 14.4. The number of rotatable bonds is 17. The molecular weight excluding hydrogens is 641 g/mol. The van der Waals surface area contributed by atoms with Crippen molar-refractivity contribution in [2.24, 2.45) is 17.8 Å². The number of hydrogen-bond acceptors (Lipinski definition) is 6. The third-order valence-electron chi connectivity index (χ3n) is 8.46. The van der Waals surface area contributed by atoms with Crippen LogP contribution >= 0.6 is 0 Å². The van der Waals surface area contributed by atoms with Crippen LogP contribution < -0.4 is 20.3 Å². The van der Waals surface area contributed by atoms with E-state index in [0.29, 0.717) is 24.2 Å². The van der Waals surface area contributed by atoms with Gasteiger partial charge in [-0.15, -0.1) is 0 Å². The SMILES string of the molecule is Cc1ccc(CS(=O)(=O)N(C)c2cccc(C(=O)NC(CC(C)C)C(O)CC(C)C(=O)N[C@H](C(=O)NCc3ccccc3)C(C)C)c2)cc1. The summed E-state index contributed by atoms with van der Waals surface area (Å²) in [7, 11) is -2.28. The number of amides is 3. The summed E-state index contributed by atoms with van der Waals surface area (Å²) in [5.41, 5.74) is 3.21. The second-order valence-corrected chi connectivity index (χ2v) is 15.6. The van der Waals surface area contributed by atoms with Crippen LogP contribution in [0.1, 0.15) is 74.5 Å². The van der Waals surface area contributed by atoms with Gasteiger partial charge in [-0.1, -0.05) is 101 Å². The first kappa shape index (κ1) is 39.2. The minimum Gasteiger partial charge on any atom is -0.391 e. The van der Waals surface area contributed by atoms with Gasteiger partial charge in [-0.25, -0.2) is 8.42 Å². The van der Waals surface area contributed by atoms with Gasteiger partial charge in [0.25, 0.3) is 5.91 Å². The van der Waals surface area contributed by atoms with Gasteiger partial charge >= 0.3 is 0 Å². The summed E-state index contributed by atoms with van der Waals surface area (Å²) in [6, 6.07) is 21.7. The van der Waals surface area contributed by atoms with E-state index in [0.717, 1.165) is 15.4 Å². The Bertz CT molecular complexity index is 1640. The van der Waals surface area contributed by atoms with Crippen LogP contribution in [0.5, 0.6) is 0 Å². The Morgan fingerprint density at radius 3 is 2.06 bits per heavy atom. The van der Waals surface area contributed by atoms with E-state index in [9.17, 15) is 27.9 Å². The van der Waals surface area contributed by atoms with Crippen LogP contribution in [-0.4, -0.2) is 56.5 Å². The van der Waals surface area contributed by atoms with Gasteiger partial charge in [-0.05, 0) is 60.9 Å². The molecule has 0 spiro atoms. The molecule has 10 nitrogen and oxygen atoms in total. The molecule has 11 heteroatoms. The summed E-state index contributed by atoms with van der Waals surface area (Å²) in [6.07, 6.45) is -0.556. The minimum absolute atomic E-state index is 0.0555. The summed E-state index contributed by atoms with van der Waals surface area (Å²) in [6.45, 7) is 11.6. The van der Waals surface area contributed by atoms with Gasteiger partial charge in [0.15, 0.2) is 0 Å². The molecule has 266 valence electrons. The molecular formula is C38H52N4O6S. The number of aliphatic hydroxyl groups is 1. The van der Waals surface area contributed by atoms with Crippen molar-refractivity contribution in [2.75, 3.05) is 11.4 Å². The van der Waals surface area contributed by atoms with Crippen molar-refractivity contribution < 1.29 is 27.9 Å². The van der Waals surface area contributed by atoms with Crippen LogP contribution in [0.2, 0.25) is 0 Å². The lowest BCUT2D eigenvalue weighted by Gasteiger charge is -2.29. The summed E-state index contributed by atoms with van der Waals surface area (Å²) in [4.78, 5) is 39.7. The quantitative estimate of drug-likeness (QED) is 0.158. The number of nitrogens with zero attached hydrogens (tertiary/aromatic N) is 1. The summed E-state index contributed by atoms with van der Waals surface area (Å²) in [5, 5.41) is 19.9. The number of benzene rings is 3. The Hall–Kier alpha value is -4.22. The van der Waals surface area contributed by atoms with Crippen molar-refractivity contribution in [2.45, 2.75) is 84.9 Å². The second kappa shape index (κ2) is 18.0. The number of carbonyl (C=O) groups is 3. The molecule has 3 amide bonds. The fourth-order valence-electron chi connectivity index (χ4n) is 5.43. The molecule has 3 rings (SSSR count). The van der Waals surface area contributed by atoms with E-state index in [1.54, 1.807) is 37.3 Å². The van der Waals surface area contributed by atoms with Gasteiger partial charge in [0.05, 0.1) is 23.6 Å². The maximum Gasteiger partial charge on any atom is 0.251 e. The highest BCUT2D eigenvalue weighted by atomic mass is 32.2. The zero-order valence-corrected chi connectivity index (χ0v) is 30.5. The van der Waals surface area contributed by atoms with Gasteiger partial charge in [-0.3, -0.25) is 18.7 Å². The van der Waals surface area contributed by atoms with E-state index < -0.39 is 40.0 Å². The number of carbonyl (C=O) groups excluding carboxylic acids is 3. The fraction of sp³-hybridized carbons (Fsp3) is 0.447. The first-order chi connectivity index (χ1) is 23.1. The molecule has 3 unspecified atom stereocenters. The Balaban J connectivity index is 1.65. The number of anilines is 1. The van der Waals surface area contributed by atoms with Gasteiger partial charge in [0.1, 0.15) is 6.04 Å². The van der Waals surface area contributed by atoms with Crippen molar-refractivity contribution in [3.63, 3.8) is 0 Å². The van der Waals surface area contributed by atoms with Crippen LogP contribution in [0.25, 0.3) is 0 Å². The number of hydrogen-bond donors (Lipinski definition) is 4. The highest BCUT2D eigenvalue weighted by Crippen LogP contribution is 2.22. The summed E-state index contributed by atoms with van der Waals surface area (Å²) in [5.74, 6) is -2.02. The van der Waals surface area contributed by atoms with Crippen molar-refractivity contribution in [3.8, 4) is 0 Å². The average Bonchev–Trinajstić information content (AvgIpc) is 3.06. The molecule has 0 aliphatic heterocycles. The molecule has 0 aromatic heterocycles. The molecule has 0 saturated heterocycles. The standard InChI is InChI=1S/C38H52N4O6S/c1-25(2)20-33(34(43)21-28(6)36(44)41-35(26(3)4)38(46)39-23-29-12-9-8-10-13-29)40-37(45)31-14-11-15-32(22-31)42(7)49(47,48)24-30-18-16-27(5)17-19-30/h8-19,22,25-26,28,33-35,43H,20-21,23-24H2,1-7H3,(H,39,46)(H,40,45)(H,41,44)/t28?,33?,34?,35-/m0/s1. The van der Waals surface area contributed by atoms with Crippen LogP contribution in [0.15, 0.2) is 78.9 Å². The van der Waals surface area contributed by atoms with E-state index in [2.05, 4.69) is 16.0 Å². The van der Waals surface area contributed by atoms with Crippen molar-refractivity contribution in [1.29, 1.82) is 0 Å². The second-order valence-electron chi connectivity index (χ2n) is 13.6. The Morgan fingerprint density at radius 2 is 1.45 bits per heavy atom. The Labute approximate surface area is 291 Å². The van der Waals surface area contributed by atoms with Crippen molar-refractivity contribution in [3.05, 3.63) is 101 Å². The third kappa shape index (κ3) is 12.0. The average molecular weight is 693 g/mol. The van der Waals surface area contributed by atoms with Crippen LogP contribution in [0.4, 0.5) is 5.69 Å². The lowest BCUT2D eigenvalue weighted by molar-refractivity contribution is -0.132. The van der Waals surface area contributed by atoms with Crippen LogP contribution in [-0.2, 0) is 31.9 Å². The van der Waals surface area contributed by atoms with E-state index in [4.69, 9.17) is 0 Å². The molecule has 0 saturated carbocycles. The molecule has 3 aromatic carbocycles. The monoisotopic (exact) mass is 692 g/mol. The highest BCUT2D eigenvalue weighted by molar-refractivity contribution is 7.92. The van der Waals surface area contributed by atoms with Crippen LogP contribution in [0, 0.1) is 24.7 Å². The molecule has 0 heterocycles. The molecule has 3 aromatic rings. The molecule has 0 bridgehead atoms. The molecule has 4 N–H and O–H groups in total. The van der Waals surface area contributed by atoms with E-state index >= 15 is 0 Å². The maximum atomic E-state index is 13.5. The normalized spacial score (nSPS) is 14.1. The highest BCUT2D eigenvalue weighted by Gasteiger charge is 2.30. The number of sulfonamides is 1. The predicted octanol–water partition coefficient (Wildman–Crippen LogP) is 4.95. The van der Waals surface area contributed by atoms with Gasteiger partial charge in [0, 0.05) is 25.1 Å². The zero-order chi connectivity index (χ0) is 36.3. The summed E-state index contributed by atoms with van der Waals surface area (Å²) >= 11 is 0. The van der Waals surface area contributed by atoms with Gasteiger partial charge in [0.2, 0.25) is 21.8 Å². The van der Waals surface area contributed by atoms with E-state index in [1.165, 1.54) is 13.1 Å². The molecule has 49 heavy (non-hydrogen) atoms. The van der Waals surface area contributed by atoms with Crippen LogP contribution in [0.3, 0.4) is 0 Å². The number of aliphatic hydroxyl groups excluding tert-OH is 1.